The van der Waals surface area contributed by atoms with Crippen LogP contribution >= 0.6 is 0 Å². The van der Waals surface area contributed by atoms with E-state index >= 15 is 0 Å². The lowest BCUT2D eigenvalue weighted by molar-refractivity contribution is -0.122. The summed E-state index contributed by atoms with van der Waals surface area (Å²) < 4.78 is 75.2. The SMILES string of the molecule is C[C@]1(c2cc(NC(=O)c3ncc(F)cc3F)ccc2F)N=C(N)COCC1(F)F.O=CO. The Morgan fingerprint density at radius 3 is 2.53 bits per heavy atom. The highest BCUT2D eigenvalue weighted by Crippen LogP contribution is 2.44. The number of benzene rings is 1. The maximum absolute atomic E-state index is 14.7. The van der Waals surface area contributed by atoms with E-state index < -0.39 is 52.7 Å². The molecule has 2 heterocycles. The molecule has 1 aromatic heterocycles. The Morgan fingerprint density at radius 1 is 1.25 bits per heavy atom. The van der Waals surface area contributed by atoms with Gasteiger partial charge in [0, 0.05) is 17.3 Å². The molecule has 4 N–H and O–H groups in total. The molecular weight excluding hydrogens is 443 g/mol. The van der Waals surface area contributed by atoms with Gasteiger partial charge in [-0.3, -0.25) is 14.6 Å². The molecule has 0 radical (unpaired) electrons. The highest BCUT2D eigenvalue weighted by atomic mass is 19.3. The molecule has 1 aromatic carbocycles. The summed E-state index contributed by atoms with van der Waals surface area (Å²) in [4.78, 5) is 27.6. The van der Waals surface area contributed by atoms with Crippen LogP contribution in [0.25, 0.3) is 0 Å². The number of halogens is 5. The lowest BCUT2D eigenvalue weighted by Gasteiger charge is -2.33. The van der Waals surface area contributed by atoms with Crippen LogP contribution in [0.3, 0.4) is 0 Å². The number of nitrogens with one attached hydrogen (secondary N) is 1. The van der Waals surface area contributed by atoms with E-state index in [9.17, 15) is 26.7 Å². The fraction of sp³-hybridized carbons (Fsp3) is 0.263. The molecule has 3 rings (SSSR count). The number of pyridine rings is 1. The van der Waals surface area contributed by atoms with Gasteiger partial charge in [-0.2, -0.15) is 0 Å². The summed E-state index contributed by atoms with van der Waals surface area (Å²) in [6.07, 6.45) is 0.638. The fourth-order valence-corrected chi connectivity index (χ4v) is 2.83. The minimum Gasteiger partial charge on any atom is -0.483 e. The number of aromatic nitrogens is 1. The van der Waals surface area contributed by atoms with Crippen molar-refractivity contribution in [1.29, 1.82) is 0 Å². The van der Waals surface area contributed by atoms with Crippen LogP contribution in [0, 0.1) is 17.5 Å². The van der Waals surface area contributed by atoms with Crippen LogP contribution in [-0.4, -0.2) is 47.4 Å². The van der Waals surface area contributed by atoms with Crippen LogP contribution in [0.2, 0.25) is 0 Å². The number of aliphatic imine (C=N–C) groups is 1. The highest BCUT2D eigenvalue weighted by molar-refractivity contribution is 6.03. The van der Waals surface area contributed by atoms with Crippen LogP contribution in [-0.2, 0) is 15.1 Å². The molecule has 1 aliphatic heterocycles. The first-order valence-electron chi connectivity index (χ1n) is 8.75. The Kier molecular flexibility index (Phi) is 7.46. The number of ether oxygens (including phenoxy) is 1. The van der Waals surface area contributed by atoms with Crippen LogP contribution in [0.4, 0.5) is 27.6 Å². The second kappa shape index (κ2) is 9.68. The third-order valence-electron chi connectivity index (χ3n) is 4.38. The molecule has 172 valence electrons. The summed E-state index contributed by atoms with van der Waals surface area (Å²) in [5.41, 5.74) is 1.73. The standard InChI is InChI=1S/C18H15F5N4O2.CH2O2/c1-17(18(22,23)8-29-7-14(24)27-17)11-5-10(2-3-12(11)20)26-16(28)15-13(21)4-9(19)6-25-15;2-1-3/h2-6H,7-8H2,1H3,(H2,24,27)(H,26,28);1H,(H,2,3)/t17-;/m1./s1. The number of carboxylic acid groups (broad SMARTS) is 1. The summed E-state index contributed by atoms with van der Waals surface area (Å²) in [6, 6.07) is 3.32. The molecule has 0 unspecified atom stereocenters. The van der Waals surface area contributed by atoms with Gasteiger partial charge in [-0.15, -0.1) is 0 Å². The normalized spacial score (nSPS) is 19.6. The predicted octanol–water partition coefficient (Wildman–Crippen LogP) is 2.69. The van der Waals surface area contributed by atoms with E-state index in [1.54, 1.807) is 0 Å². The number of hydrogen-bond acceptors (Lipinski definition) is 6. The number of anilines is 1. The van der Waals surface area contributed by atoms with E-state index in [0.717, 1.165) is 25.1 Å². The third-order valence-corrected chi connectivity index (χ3v) is 4.38. The first-order chi connectivity index (χ1) is 14.9. The molecule has 13 heteroatoms. The van der Waals surface area contributed by atoms with E-state index in [2.05, 4.69) is 15.3 Å². The summed E-state index contributed by atoms with van der Waals surface area (Å²) in [5, 5.41) is 9.10. The maximum Gasteiger partial charge on any atom is 0.299 e. The van der Waals surface area contributed by atoms with Gasteiger partial charge in [-0.05, 0) is 25.1 Å². The first kappa shape index (κ1) is 24.7. The summed E-state index contributed by atoms with van der Waals surface area (Å²) in [7, 11) is 0. The number of carbonyl (C=O) groups is 2. The van der Waals surface area contributed by atoms with E-state index in [0.29, 0.717) is 12.3 Å². The van der Waals surface area contributed by atoms with Crippen molar-refractivity contribution in [2.24, 2.45) is 10.7 Å². The van der Waals surface area contributed by atoms with Crippen molar-refractivity contribution in [3.8, 4) is 0 Å². The van der Waals surface area contributed by atoms with Crippen molar-refractivity contribution in [3.63, 3.8) is 0 Å². The largest absolute Gasteiger partial charge is 0.483 e. The fourth-order valence-electron chi connectivity index (χ4n) is 2.83. The monoisotopic (exact) mass is 460 g/mol. The molecule has 0 saturated carbocycles. The van der Waals surface area contributed by atoms with Gasteiger partial charge in [0.2, 0.25) is 0 Å². The van der Waals surface area contributed by atoms with E-state index in [1.165, 1.54) is 0 Å². The van der Waals surface area contributed by atoms with Gasteiger partial charge in [-0.25, -0.2) is 26.9 Å². The van der Waals surface area contributed by atoms with Gasteiger partial charge in [0.25, 0.3) is 18.3 Å². The Balaban J connectivity index is 0.00000114. The second-order valence-corrected chi connectivity index (χ2v) is 6.61. The molecule has 0 bridgehead atoms. The number of hydrogen-bond donors (Lipinski definition) is 3. The topological polar surface area (TPSA) is 127 Å². The molecule has 0 aliphatic carbocycles. The Morgan fingerprint density at radius 2 is 1.91 bits per heavy atom. The van der Waals surface area contributed by atoms with Gasteiger partial charge in [0.05, 0.1) is 6.20 Å². The maximum atomic E-state index is 14.7. The smallest absolute Gasteiger partial charge is 0.299 e. The average molecular weight is 460 g/mol. The van der Waals surface area contributed by atoms with Crippen LogP contribution in [0.15, 0.2) is 35.5 Å². The lowest BCUT2D eigenvalue weighted by atomic mass is 9.85. The lowest BCUT2D eigenvalue weighted by Crippen LogP contribution is -2.45. The van der Waals surface area contributed by atoms with Crippen LogP contribution < -0.4 is 11.1 Å². The Labute approximate surface area is 177 Å². The number of alkyl halides is 2. The highest BCUT2D eigenvalue weighted by Gasteiger charge is 2.54. The van der Waals surface area contributed by atoms with Crippen LogP contribution in [0.5, 0.6) is 0 Å². The molecule has 1 atom stereocenters. The van der Waals surface area contributed by atoms with Crippen molar-refractivity contribution >= 4 is 23.9 Å². The zero-order chi connectivity index (χ0) is 24.1. The average Bonchev–Trinajstić information content (AvgIpc) is 2.79. The first-order valence-corrected chi connectivity index (χ1v) is 8.75. The van der Waals surface area contributed by atoms with Gasteiger partial charge in [0.1, 0.15) is 30.7 Å². The minimum absolute atomic E-state index is 0.132. The molecule has 1 amide bonds. The van der Waals surface area contributed by atoms with Crippen molar-refractivity contribution in [2.45, 2.75) is 18.4 Å². The zero-order valence-electron chi connectivity index (χ0n) is 16.4. The van der Waals surface area contributed by atoms with Gasteiger partial charge in [0.15, 0.2) is 17.1 Å². The molecule has 0 spiro atoms. The zero-order valence-corrected chi connectivity index (χ0v) is 16.4. The van der Waals surface area contributed by atoms with Crippen molar-refractivity contribution in [2.75, 3.05) is 18.5 Å². The van der Waals surface area contributed by atoms with Crippen LogP contribution in [0.1, 0.15) is 23.0 Å². The Hall–Kier alpha value is -3.61. The summed E-state index contributed by atoms with van der Waals surface area (Å²) in [6.45, 7) is -0.660. The molecule has 0 fully saturated rings. The predicted molar refractivity (Wildman–Crippen MR) is 102 cm³/mol. The van der Waals surface area contributed by atoms with Gasteiger partial charge < -0.3 is 20.9 Å². The number of nitrogens with two attached hydrogens (primary N) is 1. The molecular formula is C19H17F5N4O4. The van der Waals surface area contributed by atoms with Crippen molar-refractivity contribution in [1.82, 2.24) is 4.98 Å². The Bertz CT molecular complexity index is 1050. The number of rotatable bonds is 3. The molecule has 2 aromatic rings. The number of amidine groups is 1. The van der Waals surface area contributed by atoms with Gasteiger partial charge >= 0.3 is 0 Å². The number of amides is 1. The third kappa shape index (κ3) is 5.17. The number of carbonyl (C=O) groups excluding carboxylic acids is 1. The second-order valence-electron chi connectivity index (χ2n) is 6.61. The van der Waals surface area contributed by atoms with E-state index in [1.807, 2.05) is 0 Å². The van der Waals surface area contributed by atoms with Gasteiger partial charge in [-0.1, -0.05) is 0 Å². The van der Waals surface area contributed by atoms with E-state index in [4.69, 9.17) is 20.4 Å². The molecule has 1 aliphatic rings. The number of nitrogens with zero attached hydrogens (tertiary/aromatic N) is 2. The summed E-state index contributed by atoms with van der Waals surface area (Å²) in [5.74, 6) is -8.18. The van der Waals surface area contributed by atoms with E-state index in [-0.39, 0.29) is 24.6 Å². The molecule has 32 heavy (non-hydrogen) atoms. The van der Waals surface area contributed by atoms with Crippen molar-refractivity contribution < 1.29 is 41.4 Å². The molecule has 0 saturated heterocycles. The van der Waals surface area contributed by atoms with Crippen molar-refractivity contribution in [3.05, 3.63) is 59.2 Å². The quantitative estimate of drug-likeness (QED) is 0.478. The summed E-state index contributed by atoms with van der Waals surface area (Å²) >= 11 is 0. The minimum atomic E-state index is -3.62. The molecule has 8 nitrogen and oxygen atoms in total.